The van der Waals surface area contributed by atoms with Crippen LogP contribution in [0.1, 0.15) is 18.8 Å². The molecule has 0 saturated carbocycles. The zero-order valence-corrected chi connectivity index (χ0v) is 12.4. The average molecular weight is 330 g/mol. The van der Waals surface area contributed by atoms with E-state index in [-0.39, 0.29) is 5.69 Å². The molecule has 126 valence electrons. The van der Waals surface area contributed by atoms with Gasteiger partial charge in [0.05, 0.1) is 6.10 Å². The van der Waals surface area contributed by atoms with Crippen LogP contribution >= 0.6 is 0 Å². The Labute approximate surface area is 129 Å². The standard InChI is InChI=1S/C14H16F2N2O5/c1-7-6-9(20)17-13(22)18(7)12-14(16,4-3-5-15)11(21)10(23-12)8(2)19/h6,8,10-12,19,21H,5H2,1-2H3,(H,17,20,22)/t8-,10+,11-,12+,14?/m0/s1. The topological polar surface area (TPSA) is 105 Å². The number of alkyl halides is 2. The highest BCUT2D eigenvalue weighted by Gasteiger charge is 2.59. The summed E-state index contributed by atoms with van der Waals surface area (Å²) in [5.41, 5.74) is -4.43. The molecular weight excluding hydrogens is 314 g/mol. The molecule has 0 bridgehead atoms. The quantitative estimate of drug-likeness (QED) is 0.614. The molecule has 1 aromatic heterocycles. The van der Waals surface area contributed by atoms with E-state index in [2.05, 4.69) is 0 Å². The first kappa shape index (κ1) is 17.3. The Bertz CT molecular complexity index is 763. The largest absolute Gasteiger partial charge is 0.391 e. The van der Waals surface area contributed by atoms with Gasteiger partial charge in [-0.25, -0.2) is 13.6 Å². The lowest BCUT2D eigenvalue weighted by molar-refractivity contribution is -0.0809. The first-order valence-electron chi connectivity index (χ1n) is 6.81. The Morgan fingerprint density at radius 3 is 2.74 bits per heavy atom. The number of aliphatic hydroxyl groups is 2. The molecular formula is C14H16F2N2O5. The smallest absolute Gasteiger partial charge is 0.330 e. The number of aromatic amines is 1. The molecule has 9 heteroatoms. The van der Waals surface area contributed by atoms with Gasteiger partial charge in [0.15, 0.2) is 6.23 Å². The molecule has 1 saturated heterocycles. The maximum absolute atomic E-state index is 15.2. The summed E-state index contributed by atoms with van der Waals surface area (Å²) in [6.07, 6.45) is -6.31. The fraction of sp³-hybridized carbons (Fsp3) is 0.571. The molecule has 23 heavy (non-hydrogen) atoms. The van der Waals surface area contributed by atoms with Crippen molar-refractivity contribution in [3.63, 3.8) is 0 Å². The fourth-order valence-corrected chi connectivity index (χ4v) is 2.55. The number of halogens is 2. The number of aliphatic hydroxyl groups excluding tert-OH is 2. The Balaban J connectivity index is 2.63. The van der Waals surface area contributed by atoms with Crippen molar-refractivity contribution in [3.8, 4) is 11.8 Å². The average Bonchev–Trinajstić information content (AvgIpc) is 2.70. The van der Waals surface area contributed by atoms with E-state index in [1.54, 1.807) is 0 Å². The Morgan fingerprint density at radius 1 is 1.57 bits per heavy atom. The Hall–Kier alpha value is -2.02. The number of hydrogen-bond donors (Lipinski definition) is 3. The van der Waals surface area contributed by atoms with Gasteiger partial charge in [0.2, 0.25) is 5.67 Å². The number of ether oxygens (including phenoxy) is 1. The van der Waals surface area contributed by atoms with Crippen LogP contribution in [0, 0.1) is 18.8 Å². The number of rotatable bonds is 2. The van der Waals surface area contributed by atoms with Gasteiger partial charge in [-0.15, -0.1) is 0 Å². The van der Waals surface area contributed by atoms with E-state index in [0.29, 0.717) is 0 Å². The van der Waals surface area contributed by atoms with Crippen molar-refractivity contribution in [1.29, 1.82) is 0 Å². The van der Waals surface area contributed by atoms with Crippen LogP contribution in [0.2, 0.25) is 0 Å². The van der Waals surface area contributed by atoms with Crippen LogP contribution in [0.3, 0.4) is 0 Å². The Morgan fingerprint density at radius 2 is 2.22 bits per heavy atom. The van der Waals surface area contributed by atoms with Crippen molar-refractivity contribution >= 4 is 0 Å². The highest BCUT2D eigenvalue weighted by molar-refractivity contribution is 5.24. The molecule has 0 aromatic carbocycles. The van der Waals surface area contributed by atoms with Gasteiger partial charge in [-0.1, -0.05) is 11.8 Å². The van der Waals surface area contributed by atoms with E-state index in [4.69, 9.17) is 4.74 Å². The molecule has 1 aromatic rings. The summed E-state index contributed by atoms with van der Waals surface area (Å²) in [4.78, 5) is 25.2. The van der Waals surface area contributed by atoms with Gasteiger partial charge in [0.25, 0.3) is 5.56 Å². The van der Waals surface area contributed by atoms with Gasteiger partial charge in [0.1, 0.15) is 18.9 Å². The van der Waals surface area contributed by atoms with Crippen LogP contribution in [0.25, 0.3) is 0 Å². The molecule has 2 heterocycles. The Kier molecular flexibility index (Phi) is 4.70. The molecule has 5 atom stereocenters. The van der Waals surface area contributed by atoms with Gasteiger partial charge in [-0.2, -0.15) is 0 Å². The second kappa shape index (κ2) is 6.23. The number of nitrogens with zero attached hydrogens (tertiary/aromatic N) is 1. The van der Waals surface area contributed by atoms with Crippen molar-refractivity contribution < 1.29 is 23.7 Å². The predicted octanol–water partition coefficient (Wildman–Crippen LogP) is -0.835. The first-order chi connectivity index (χ1) is 10.7. The van der Waals surface area contributed by atoms with E-state index in [9.17, 15) is 24.2 Å². The number of H-pyrrole nitrogens is 1. The zero-order valence-electron chi connectivity index (χ0n) is 12.4. The van der Waals surface area contributed by atoms with Crippen LogP contribution in [-0.2, 0) is 4.74 Å². The molecule has 0 spiro atoms. The van der Waals surface area contributed by atoms with Crippen molar-refractivity contribution in [2.24, 2.45) is 0 Å². The van der Waals surface area contributed by atoms with E-state index in [1.807, 2.05) is 16.8 Å². The summed E-state index contributed by atoms with van der Waals surface area (Å²) in [5, 5.41) is 19.7. The molecule has 2 rings (SSSR count). The van der Waals surface area contributed by atoms with E-state index in [1.165, 1.54) is 13.8 Å². The van der Waals surface area contributed by atoms with Gasteiger partial charge >= 0.3 is 5.69 Å². The molecule has 3 N–H and O–H groups in total. The highest BCUT2D eigenvalue weighted by Crippen LogP contribution is 2.42. The minimum absolute atomic E-state index is 0.0614. The van der Waals surface area contributed by atoms with Crippen LogP contribution in [0.15, 0.2) is 15.7 Å². The molecule has 1 fully saturated rings. The van der Waals surface area contributed by atoms with Gasteiger partial charge in [-0.3, -0.25) is 14.3 Å². The monoisotopic (exact) mass is 330 g/mol. The molecule has 1 unspecified atom stereocenters. The lowest BCUT2D eigenvalue weighted by Crippen LogP contribution is -2.46. The third-order valence-electron chi connectivity index (χ3n) is 3.61. The zero-order chi connectivity index (χ0) is 17.4. The van der Waals surface area contributed by atoms with E-state index >= 15 is 4.39 Å². The van der Waals surface area contributed by atoms with Gasteiger partial charge in [0, 0.05) is 11.8 Å². The summed E-state index contributed by atoms with van der Waals surface area (Å²) in [6, 6.07) is 1.04. The summed E-state index contributed by atoms with van der Waals surface area (Å²) in [5.74, 6) is 3.80. The van der Waals surface area contributed by atoms with Crippen molar-refractivity contribution in [2.75, 3.05) is 6.67 Å². The third-order valence-corrected chi connectivity index (χ3v) is 3.61. The van der Waals surface area contributed by atoms with Crippen molar-refractivity contribution in [1.82, 2.24) is 9.55 Å². The highest BCUT2D eigenvalue weighted by atomic mass is 19.1. The summed E-state index contributed by atoms with van der Waals surface area (Å²) < 4.78 is 33.6. The summed E-state index contributed by atoms with van der Waals surface area (Å²) in [6.45, 7) is 1.47. The predicted molar refractivity (Wildman–Crippen MR) is 75.2 cm³/mol. The SMILES string of the molecule is Cc1cc(=O)[nH]c(=O)n1[C@@H]1O[C@H]([C@H](C)O)[C@H](O)C1(F)C#CCF. The van der Waals surface area contributed by atoms with Crippen molar-refractivity contribution in [2.45, 2.75) is 44.1 Å². The maximum atomic E-state index is 15.2. The summed E-state index contributed by atoms with van der Waals surface area (Å²) >= 11 is 0. The van der Waals surface area contributed by atoms with Crippen LogP contribution < -0.4 is 11.2 Å². The molecule has 1 aliphatic rings. The lowest BCUT2D eigenvalue weighted by Gasteiger charge is -2.25. The molecule has 0 aliphatic carbocycles. The maximum Gasteiger partial charge on any atom is 0.330 e. The lowest BCUT2D eigenvalue weighted by atomic mass is 9.94. The second-order valence-corrected chi connectivity index (χ2v) is 5.29. The van der Waals surface area contributed by atoms with Gasteiger partial charge in [-0.05, 0) is 13.8 Å². The van der Waals surface area contributed by atoms with Gasteiger partial charge < -0.3 is 14.9 Å². The fourth-order valence-electron chi connectivity index (χ4n) is 2.55. The third kappa shape index (κ3) is 2.93. The van der Waals surface area contributed by atoms with E-state index < -0.39 is 48.1 Å². The molecule has 0 radical (unpaired) electrons. The molecule has 0 amide bonds. The van der Waals surface area contributed by atoms with Crippen LogP contribution in [0.4, 0.5) is 8.78 Å². The van der Waals surface area contributed by atoms with Crippen LogP contribution in [0.5, 0.6) is 0 Å². The second-order valence-electron chi connectivity index (χ2n) is 5.29. The molecule has 1 aliphatic heterocycles. The van der Waals surface area contributed by atoms with E-state index in [0.717, 1.165) is 10.6 Å². The minimum Gasteiger partial charge on any atom is -0.391 e. The number of nitrogens with one attached hydrogen (secondary N) is 1. The number of aryl methyl sites for hydroxylation is 1. The molecule has 7 nitrogen and oxygen atoms in total. The normalized spacial score (nSPS) is 31.5. The minimum atomic E-state index is -2.83. The number of aromatic nitrogens is 2. The van der Waals surface area contributed by atoms with Crippen molar-refractivity contribution in [3.05, 3.63) is 32.6 Å². The number of hydrogen-bond acceptors (Lipinski definition) is 5. The van der Waals surface area contributed by atoms with Crippen LogP contribution in [-0.4, -0.2) is 50.4 Å². The summed E-state index contributed by atoms with van der Waals surface area (Å²) in [7, 11) is 0. The first-order valence-corrected chi connectivity index (χ1v) is 6.81.